The van der Waals surface area contributed by atoms with Gasteiger partial charge in [-0.15, -0.1) is 0 Å². The molecule has 2 aromatic rings. The minimum absolute atomic E-state index is 0.0149. The van der Waals surface area contributed by atoms with Crippen molar-refractivity contribution in [2.24, 2.45) is 0 Å². The van der Waals surface area contributed by atoms with Gasteiger partial charge in [0.25, 0.3) is 17.7 Å². The zero-order valence-electron chi connectivity index (χ0n) is 15.7. The fourth-order valence-electron chi connectivity index (χ4n) is 2.29. The second-order valence-corrected chi connectivity index (χ2v) is 7.98. The van der Waals surface area contributed by atoms with Crippen molar-refractivity contribution in [3.05, 3.63) is 69.2 Å². The molecule has 0 aliphatic rings. The van der Waals surface area contributed by atoms with Gasteiger partial charge in [0.05, 0.1) is 17.1 Å². The highest BCUT2D eigenvalue weighted by atomic mass is 35.5. The van der Waals surface area contributed by atoms with E-state index in [1.54, 1.807) is 18.2 Å². The minimum atomic E-state index is -0.620. The van der Waals surface area contributed by atoms with Gasteiger partial charge in [-0.1, -0.05) is 56.1 Å². The van der Waals surface area contributed by atoms with E-state index >= 15 is 0 Å². The van der Waals surface area contributed by atoms with Gasteiger partial charge in [-0.05, 0) is 41.3 Å². The van der Waals surface area contributed by atoms with Gasteiger partial charge < -0.3 is 5.32 Å². The first-order chi connectivity index (χ1) is 13.1. The lowest BCUT2D eigenvalue weighted by atomic mass is 9.87. The average molecular weight is 422 g/mol. The van der Waals surface area contributed by atoms with Crippen molar-refractivity contribution in [3.8, 4) is 0 Å². The normalized spacial score (nSPS) is 10.9. The molecule has 0 atom stereocenters. The highest BCUT2D eigenvalue weighted by Crippen LogP contribution is 2.22. The third kappa shape index (κ3) is 5.97. The van der Waals surface area contributed by atoms with E-state index in [0.29, 0.717) is 10.6 Å². The Labute approximate surface area is 173 Å². The number of benzene rings is 2. The van der Waals surface area contributed by atoms with Gasteiger partial charge in [-0.2, -0.15) is 0 Å². The summed E-state index contributed by atoms with van der Waals surface area (Å²) in [6.45, 7) is 5.94. The maximum Gasteiger partial charge on any atom is 0.271 e. The fourth-order valence-corrected chi connectivity index (χ4v) is 2.67. The van der Waals surface area contributed by atoms with Crippen LogP contribution in [0.25, 0.3) is 0 Å². The molecule has 0 aliphatic heterocycles. The molecule has 0 spiro atoms. The SMILES string of the molecule is CC(C)(C)c1ccc(C(=O)NCC(=O)NNC(=O)c2cc(Cl)ccc2Cl)cc1. The van der Waals surface area contributed by atoms with E-state index in [9.17, 15) is 14.4 Å². The molecule has 3 N–H and O–H groups in total. The maximum atomic E-state index is 12.1. The predicted molar refractivity (Wildman–Crippen MR) is 110 cm³/mol. The molecule has 28 heavy (non-hydrogen) atoms. The molecule has 148 valence electrons. The van der Waals surface area contributed by atoms with E-state index in [1.165, 1.54) is 12.1 Å². The van der Waals surface area contributed by atoms with E-state index in [4.69, 9.17) is 23.2 Å². The largest absolute Gasteiger partial charge is 0.343 e. The predicted octanol–water partition coefficient (Wildman–Crippen LogP) is 3.48. The van der Waals surface area contributed by atoms with Crippen molar-refractivity contribution in [2.75, 3.05) is 6.54 Å². The zero-order chi connectivity index (χ0) is 20.9. The molecule has 0 aliphatic carbocycles. The van der Waals surface area contributed by atoms with E-state index in [-0.39, 0.29) is 28.5 Å². The standard InChI is InChI=1S/C20H21Cl2N3O3/c1-20(2,3)13-6-4-12(5-7-13)18(27)23-11-17(26)24-25-19(28)15-10-14(21)8-9-16(15)22/h4-10H,11H2,1-3H3,(H,23,27)(H,24,26)(H,25,28). The third-order valence-electron chi connectivity index (χ3n) is 3.91. The van der Waals surface area contributed by atoms with Crippen LogP contribution in [0.4, 0.5) is 0 Å². The first-order valence-corrected chi connectivity index (χ1v) is 9.26. The van der Waals surface area contributed by atoms with Crippen LogP contribution in [0, 0.1) is 0 Å². The summed E-state index contributed by atoms with van der Waals surface area (Å²) in [5, 5.41) is 3.03. The molecule has 0 aromatic heterocycles. The second kappa shape index (κ2) is 9.08. The van der Waals surface area contributed by atoms with Gasteiger partial charge in [0.2, 0.25) is 0 Å². The van der Waals surface area contributed by atoms with Crippen molar-refractivity contribution in [1.82, 2.24) is 16.2 Å². The monoisotopic (exact) mass is 421 g/mol. The quantitative estimate of drug-likeness (QED) is 0.660. The van der Waals surface area contributed by atoms with Crippen molar-refractivity contribution in [2.45, 2.75) is 26.2 Å². The van der Waals surface area contributed by atoms with Gasteiger partial charge >= 0.3 is 0 Å². The Balaban J connectivity index is 1.84. The van der Waals surface area contributed by atoms with Crippen LogP contribution in [0.3, 0.4) is 0 Å². The van der Waals surface area contributed by atoms with Crippen LogP contribution in [0.5, 0.6) is 0 Å². The molecule has 0 unspecified atom stereocenters. The van der Waals surface area contributed by atoms with Crippen LogP contribution in [-0.2, 0) is 10.2 Å². The van der Waals surface area contributed by atoms with Crippen molar-refractivity contribution >= 4 is 40.9 Å². The highest BCUT2D eigenvalue weighted by Gasteiger charge is 2.15. The van der Waals surface area contributed by atoms with Gasteiger partial charge in [0.15, 0.2) is 0 Å². The lowest BCUT2D eigenvalue weighted by Crippen LogP contribution is -2.46. The van der Waals surface area contributed by atoms with Gasteiger partial charge in [-0.25, -0.2) is 0 Å². The molecule has 0 saturated heterocycles. The maximum absolute atomic E-state index is 12.1. The van der Waals surface area contributed by atoms with Gasteiger partial charge in [0.1, 0.15) is 0 Å². The molecule has 2 rings (SSSR count). The smallest absolute Gasteiger partial charge is 0.271 e. The summed E-state index contributed by atoms with van der Waals surface area (Å²) < 4.78 is 0. The molecule has 3 amide bonds. The van der Waals surface area contributed by atoms with E-state index in [1.807, 2.05) is 12.1 Å². The summed E-state index contributed by atoms with van der Waals surface area (Å²) in [5.41, 5.74) is 6.08. The highest BCUT2D eigenvalue weighted by molar-refractivity contribution is 6.35. The number of amides is 3. The number of hydrogen-bond donors (Lipinski definition) is 3. The summed E-state index contributed by atoms with van der Waals surface area (Å²) >= 11 is 11.8. The van der Waals surface area contributed by atoms with Gasteiger partial charge in [-0.3, -0.25) is 25.2 Å². The van der Waals surface area contributed by atoms with Crippen LogP contribution in [0.15, 0.2) is 42.5 Å². The molecular weight excluding hydrogens is 401 g/mol. The van der Waals surface area contributed by atoms with Crippen LogP contribution in [0.1, 0.15) is 47.1 Å². The van der Waals surface area contributed by atoms with Gasteiger partial charge in [0, 0.05) is 10.6 Å². The fraction of sp³-hybridized carbons (Fsp3) is 0.250. The Hall–Kier alpha value is -2.57. The molecule has 0 heterocycles. The lowest BCUT2D eigenvalue weighted by molar-refractivity contribution is -0.120. The number of hydrazine groups is 1. The number of nitrogens with one attached hydrogen (secondary N) is 3. The molecule has 8 heteroatoms. The Kier molecular flexibility index (Phi) is 7.05. The van der Waals surface area contributed by atoms with Crippen molar-refractivity contribution in [3.63, 3.8) is 0 Å². The second-order valence-electron chi connectivity index (χ2n) is 7.14. The van der Waals surface area contributed by atoms with Crippen LogP contribution in [-0.4, -0.2) is 24.3 Å². The summed E-state index contributed by atoms with van der Waals surface area (Å²) in [6, 6.07) is 11.6. The Morgan fingerprint density at radius 2 is 1.54 bits per heavy atom. The topological polar surface area (TPSA) is 87.3 Å². The summed E-state index contributed by atoms with van der Waals surface area (Å²) in [6.07, 6.45) is 0. The molecule has 0 radical (unpaired) electrons. The van der Waals surface area contributed by atoms with Crippen molar-refractivity contribution in [1.29, 1.82) is 0 Å². The molecule has 0 saturated carbocycles. The number of carbonyl (C=O) groups is 3. The summed E-state index contributed by atoms with van der Waals surface area (Å²) in [7, 11) is 0. The van der Waals surface area contributed by atoms with E-state index in [2.05, 4.69) is 36.9 Å². The van der Waals surface area contributed by atoms with Crippen molar-refractivity contribution < 1.29 is 14.4 Å². The van der Waals surface area contributed by atoms with E-state index in [0.717, 1.165) is 5.56 Å². The summed E-state index contributed by atoms with van der Waals surface area (Å²) in [4.78, 5) is 36.0. The number of halogens is 2. The van der Waals surface area contributed by atoms with E-state index < -0.39 is 11.8 Å². The average Bonchev–Trinajstić information content (AvgIpc) is 2.65. The zero-order valence-corrected chi connectivity index (χ0v) is 17.2. The van der Waals surface area contributed by atoms with Crippen LogP contribution in [0.2, 0.25) is 10.0 Å². The molecular formula is C20H21Cl2N3O3. The number of hydrogen-bond acceptors (Lipinski definition) is 3. The summed E-state index contributed by atoms with van der Waals surface area (Å²) in [5.74, 6) is -1.60. The first-order valence-electron chi connectivity index (χ1n) is 8.51. The molecule has 0 fully saturated rings. The number of rotatable bonds is 4. The molecule has 2 aromatic carbocycles. The molecule has 6 nitrogen and oxygen atoms in total. The molecule has 0 bridgehead atoms. The Morgan fingerprint density at radius 1 is 0.893 bits per heavy atom. The Bertz CT molecular complexity index is 891. The third-order valence-corrected chi connectivity index (χ3v) is 4.48. The number of carbonyl (C=O) groups excluding carboxylic acids is 3. The Morgan fingerprint density at radius 3 is 2.14 bits per heavy atom. The van der Waals surface area contributed by atoms with Crippen LogP contribution >= 0.6 is 23.2 Å². The lowest BCUT2D eigenvalue weighted by Gasteiger charge is -2.19. The first kappa shape index (κ1) is 21.7. The minimum Gasteiger partial charge on any atom is -0.343 e. The van der Waals surface area contributed by atoms with Crippen LogP contribution < -0.4 is 16.2 Å².